The third kappa shape index (κ3) is 1.61. The lowest BCUT2D eigenvalue weighted by Gasteiger charge is -2.00. The molecule has 0 amide bonds. The molecule has 0 saturated carbocycles. The molecule has 1 aromatic heterocycles. The molecule has 1 radical (unpaired) electrons. The van der Waals surface area contributed by atoms with Gasteiger partial charge in [-0.2, -0.15) is 0 Å². The van der Waals surface area contributed by atoms with E-state index in [0.29, 0.717) is 16.7 Å². The van der Waals surface area contributed by atoms with Crippen molar-refractivity contribution in [2.24, 2.45) is 0 Å². The zero-order valence-electron chi connectivity index (χ0n) is 7.94. The van der Waals surface area contributed by atoms with Crippen molar-refractivity contribution >= 4 is 17.3 Å². The first-order valence-electron chi connectivity index (χ1n) is 4.24. The minimum atomic E-state index is -0.689. The monoisotopic (exact) mass is 203 g/mol. The summed E-state index contributed by atoms with van der Waals surface area (Å²) < 4.78 is 9.91. The van der Waals surface area contributed by atoms with Gasteiger partial charge in [0.25, 0.3) is 0 Å². The van der Waals surface area contributed by atoms with E-state index < -0.39 is 5.63 Å². The fraction of sp³-hybridized carbons (Fsp3) is 0.0909. The van der Waals surface area contributed by atoms with Crippen LogP contribution in [0, 0.1) is 0 Å². The molecule has 4 nitrogen and oxygen atoms in total. The quantitative estimate of drug-likeness (QED) is 0.689. The van der Waals surface area contributed by atoms with Crippen LogP contribution in [-0.4, -0.2) is 13.4 Å². The molecule has 2 aromatic rings. The van der Waals surface area contributed by atoms with E-state index in [1.165, 1.54) is 19.5 Å². The third-order valence-corrected chi connectivity index (χ3v) is 2.05. The Morgan fingerprint density at radius 1 is 1.33 bits per heavy atom. The van der Waals surface area contributed by atoms with Gasteiger partial charge in [-0.1, -0.05) is 0 Å². The Kier molecular flexibility index (Phi) is 2.25. The van der Waals surface area contributed by atoms with Gasteiger partial charge in [0.05, 0.1) is 7.11 Å². The highest BCUT2D eigenvalue weighted by molar-refractivity contribution is 5.85. The van der Waals surface area contributed by atoms with Crippen LogP contribution in [0.25, 0.3) is 11.0 Å². The predicted octanol–water partition coefficient (Wildman–Crippen LogP) is 1.26. The molecule has 1 heterocycles. The van der Waals surface area contributed by atoms with E-state index in [1.807, 2.05) is 0 Å². The highest BCUT2D eigenvalue weighted by Crippen LogP contribution is 2.19. The molecule has 0 bridgehead atoms. The molecule has 0 aliphatic rings. The van der Waals surface area contributed by atoms with Gasteiger partial charge in [-0.25, -0.2) is 4.79 Å². The van der Waals surface area contributed by atoms with Crippen LogP contribution in [0.1, 0.15) is 5.56 Å². The lowest BCUT2D eigenvalue weighted by atomic mass is 10.2. The highest BCUT2D eigenvalue weighted by Gasteiger charge is 2.05. The van der Waals surface area contributed by atoms with Crippen LogP contribution < -0.4 is 10.4 Å². The summed E-state index contributed by atoms with van der Waals surface area (Å²) in [5, 5.41) is 0.661. The Labute approximate surface area is 85.1 Å². The topological polar surface area (TPSA) is 56.5 Å². The van der Waals surface area contributed by atoms with Crippen molar-refractivity contribution in [3.05, 3.63) is 40.2 Å². The molecule has 0 unspecified atom stereocenters. The van der Waals surface area contributed by atoms with Crippen LogP contribution in [0.2, 0.25) is 0 Å². The molecular formula is C11H7O4. The van der Waals surface area contributed by atoms with Gasteiger partial charge in [0.15, 0.2) is 0 Å². The fourth-order valence-electron chi connectivity index (χ4n) is 1.29. The van der Waals surface area contributed by atoms with Gasteiger partial charge in [-0.3, -0.25) is 4.79 Å². The zero-order chi connectivity index (χ0) is 10.8. The summed E-state index contributed by atoms with van der Waals surface area (Å²) in [5.41, 5.74) is -0.406. The highest BCUT2D eigenvalue weighted by atomic mass is 16.5. The predicted molar refractivity (Wildman–Crippen MR) is 53.8 cm³/mol. The SMILES string of the molecule is COc1ccc2cc([C]=O)c(=O)oc2c1. The average Bonchev–Trinajstić information content (AvgIpc) is 2.27. The van der Waals surface area contributed by atoms with Gasteiger partial charge in [0.1, 0.15) is 16.9 Å². The van der Waals surface area contributed by atoms with E-state index in [1.54, 1.807) is 18.2 Å². The van der Waals surface area contributed by atoms with Crippen molar-refractivity contribution in [1.82, 2.24) is 0 Å². The fourth-order valence-corrected chi connectivity index (χ4v) is 1.29. The van der Waals surface area contributed by atoms with Crippen molar-refractivity contribution in [1.29, 1.82) is 0 Å². The minimum Gasteiger partial charge on any atom is -0.497 e. The van der Waals surface area contributed by atoms with E-state index in [2.05, 4.69) is 0 Å². The van der Waals surface area contributed by atoms with Gasteiger partial charge in [-0.05, 0) is 18.2 Å². The molecule has 0 aliphatic heterocycles. The maximum absolute atomic E-state index is 11.2. The number of carbonyl (C=O) groups excluding carboxylic acids is 1. The largest absolute Gasteiger partial charge is 0.497 e. The van der Waals surface area contributed by atoms with Crippen LogP contribution in [0.4, 0.5) is 0 Å². The maximum Gasteiger partial charge on any atom is 0.347 e. The second-order valence-electron chi connectivity index (χ2n) is 2.95. The van der Waals surface area contributed by atoms with Gasteiger partial charge >= 0.3 is 5.63 Å². The molecule has 0 N–H and O–H groups in total. The molecule has 4 heteroatoms. The number of benzene rings is 1. The summed E-state index contributed by atoms with van der Waals surface area (Å²) in [5.74, 6) is 0.591. The number of hydrogen-bond acceptors (Lipinski definition) is 4. The number of fused-ring (bicyclic) bond motifs is 1. The average molecular weight is 203 g/mol. The summed E-state index contributed by atoms with van der Waals surface area (Å²) in [7, 11) is 1.52. The van der Waals surface area contributed by atoms with Gasteiger partial charge in [0.2, 0.25) is 6.29 Å². The molecule has 0 saturated heterocycles. The Hall–Kier alpha value is -2.10. The smallest absolute Gasteiger partial charge is 0.347 e. The van der Waals surface area contributed by atoms with E-state index in [4.69, 9.17) is 9.15 Å². The Bertz CT molecular complexity index is 568. The molecule has 75 valence electrons. The van der Waals surface area contributed by atoms with Crippen LogP contribution >= 0.6 is 0 Å². The molecule has 0 aliphatic carbocycles. The summed E-state index contributed by atoms with van der Waals surface area (Å²) in [6.07, 6.45) is 1.53. The van der Waals surface area contributed by atoms with Crippen LogP contribution in [0.5, 0.6) is 5.75 Å². The lowest BCUT2D eigenvalue weighted by Crippen LogP contribution is -2.05. The normalized spacial score (nSPS) is 10.2. The van der Waals surface area contributed by atoms with Crippen molar-refractivity contribution in [3.63, 3.8) is 0 Å². The van der Waals surface area contributed by atoms with E-state index in [-0.39, 0.29) is 5.56 Å². The first kappa shape index (κ1) is 9.45. The van der Waals surface area contributed by atoms with Crippen molar-refractivity contribution < 1.29 is 13.9 Å². The van der Waals surface area contributed by atoms with E-state index in [0.717, 1.165) is 0 Å². The summed E-state index contributed by atoms with van der Waals surface area (Å²) in [6, 6.07) is 6.45. The first-order chi connectivity index (χ1) is 7.24. The van der Waals surface area contributed by atoms with Gasteiger partial charge < -0.3 is 9.15 Å². The van der Waals surface area contributed by atoms with Crippen molar-refractivity contribution in [3.8, 4) is 5.75 Å². The molecule has 0 spiro atoms. The van der Waals surface area contributed by atoms with Gasteiger partial charge in [-0.15, -0.1) is 0 Å². The van der Waals surface area contributed by atoms with Crippen molar-refractivity contribution in [2.45, 2.75) is 0 Å². The number of ether oxygens (including phenoxy) is 1. The Morgan fingerprint density at radius 2 is 2.13 bits per heavy atom. The second-order valence-corrected chi connectivity index (χ2v) is 2.95. The summed E-state index contributed by atoms with van der Waals surface area (Å²) >= 11 is 0. The molecule has 0 fully saturated rings. The second kappa shape index (κ2) is 3.57. The number of hydrogen-bond donors (Lipinski definition) is 0. The Morgan fingerprint density at radius 3 is 2.80 bits per heavy atom. The number of rotatable bonds is 2. The molecule has 15 heavy (non-hydrogen) atoms. The first-order valence-corrected chi connectivity index (χ1v) is 4.24. The molecule has 2 rings (SSSR count). The molecular weight excluding hydrogens is 196 g/mol. The molecule has 0 atom stereocenters. The summed E-state index contributed by atoms with van der Waals surface area (Å²) in [4.78, 5) is 21.6. The van der Waals surface area contributed by atoms with Crippen LogP contribution in [0.3, 0.4) is 0 Å². The van der Waals surface area contributed by atoms with E-state index >= 15 is 0 Å². The molecule has 1 aromatic carbocycles. The minimum absolute atomic E-state index is 0.104. The Balaban J connectivity index is 2.75. The lowest BCUT2D eigenvalue weighted by molar-refractivity contribution is 0.414. The summed E-state index contributed by atoms with van der Waals surface area (Å²) in [6.45, 7) is 0. The standard InChI is InChI=1S/C11H7O4/c1-14-9-3-2-7-4-8(6-12)11(13)15-10(7)5-9/h2-5H,1H3. The van der Waals surface area contributed by atoms with Crippen LogP contribution in [-0.2, 0) is 4.79 Å². The number of methoxy groups -OCH3 is 1. The van der Waals surface area contributed by atoms with Gasteiger partial charge in [0, 0.05) is 11.5 Å². The van der Waals surface area contributed by atoms with E-state index in [9.17, 15) is 9.59 Å². The third-order valence-electron chi connectivity index (χ3n) is 2.05. The maximum atomic E-state index is 11.2. The zero-order valence-corrected chi connectivity index (χ0v) is 7.94. The van der Waals surface area contributed by atoms with Crippen LogP contribution in [0.15, 0.2) is 33.5 Å². The van der Waals surface area contributed by atoms with Crippen molar-refractivity contribution in [2.75, 3.05) is 7.11 Å².